The number of sulfonamides is 1. The summed E-state index contributed by atoms with van der Waals surface area (Å²) >= 11 is 2.12. The summed E-state index contributed by atoms with van der Waals surface area (Å²) in [5.41, 5.74) is 0.714. The van der Waals surface area contributed by atoms with Crippen molar-refractivity contribution in [2.75, 3.05) is 11.9 Å². The Balaban J connectivity index is 2.84. The van der Waals surface area contributed by atoms with Crippen molar-refractivity contribution in [3.63, 3.8) is 0 Å². The molecule has 15 heavy (non-hydrogen) atoms. The third-order valence-corrected chi connectivity index (χ3v) is 4.56. The van der Waals surface area contributed by atoms with Crippen LogP contribution in [0.3, 0.4) is 0 Å². The van der Waals surface area contributed by atoms with Crippen molar-refractivity contribution in [2.24, 2.45) is 4.40 Å². The predicted molar refractivity (Wildman–Crippen MR) is 67.9 cm³/mol. The van der Waals surface area contributed by atoms with Gasteiger partial charge in [-0.3, -0.25) is 0 Å². The van der Waals surface area contributed by atoms with Crippen LogP contribution in [-0.4, -0.2) is 21.3 Å². The largest absolute Gasteiger partial charge is 0.330 e. The summed E-state index contributed by atoms with van der Waals surface area (Å²) in [6, 6.07) is 5.19. The molecule has 0 bridgehead atoms. The van der Waals surface area contributed by atoms with Gasteiger partial charge in [0.2, 0.25) is 0 Å². The number of hydrogen-bond donors (Lipinski definition) is 0. The number of fused-ring (bicyclic) bond motifs is 1. The average Bonchev–Trinajstić information content (AvgIpc) is 2.14. The van der Waals surface area contributed by atoms with Crippen LogP contribution in [0.15, 0.2) is 27.5 Å². The fourth-order valence-corrected chi connectivity index (χ4v) is 3.83. The van der Waals surface area contributed by atoms with E-state index in [0.717, 1.165) is 3.57 Å². The number of anilines is 1. The lowest BCUT2D eigenvalue weighted by Gasteiger charge is -2.26. The van der Waals surface area contributed by atoms with Crippen LogP contribution in [0.4, 0.5) is 5.69 Å². The van der Waals surface area contributed by atoms with Gasteiger partial charge in [0.05, 0.1) is 5.69 Å². The average molecular weight is 336 g/mol. The Bertz CT molecular complexity index is 551. The number of para-hydroxylation sites is 1. The Labute approximate surface area is 102 Å². The van der Waals surface area contributed by atoms with Gasteiger partial charge >= 0.3 is 0 Å². The first-order valence-corrected chi connectivity index (χ1v) is 6.79. The molecule has 1 aromatic carbocycles. The van der Waals surface area contributed by atoms with Crippen molar-refractivity contribution in [1.82, 2.24) is 0 Å². The molecule has 6 heteroatoms. The lowest BCUT2D eigenvalue weighted by molar-refractivity contribution is 0.597. The minimum Gasteiger partial charge on any atom is -0.330 e. The number of amidine groups is 1. The zero-order chi connectivity index (χ0) is 11.2. The molecule has 0 unspecified atom stereocenters. The van der Waals surface area contributed by atoms with Crippen LogP contribution in [-0.2, 0) is 10.0 Å². The molecule has 0 aliphatic carbocycles. The molecule has 0 fully saturated rings. The molecule has 0 aromatic heterocycles. The topological polar surface area (TPSA) is 49.7 Å². The first-order valence-electron chi connectivity index (χ1n) is 4.27. The maximum atomic E-state index is 11.8. The summed E-state index contributed by atoms with van der Waals surface area (Å²) < 4.78 is 28.1. The second-order valence-electron chi connectivity index (χ2n) is 3.26. The van der Waals surface area contributed by atoms with Crippen molar-refractivity contribution < 1.29 is 8.42 Å². The van der Waals surface area contributed by atoms with Crippen molar-refractivity contribution in [3.8, 4) is 0 Å². The van der Waals surface area contributed by atoms with Crippen LogP contribution in [0.2, 0.25) is 0 Å². The summed E-state index contributed by atoms with van der Waals surface area (Å²) in [5.74, 6) is 0.492. The van der Waals surface area contributed by atoms with Crippen LogP contribution in [0.1, 0.15) is 6.92 Å². The van der Waals surface area contributed by atoms with Gasteiger partial charge in [-0.1, -0.05) is 6.07 Å². The van der Waals surface area contributed by atoms with Crippen LogP contribution in [0.5, 0.6) is 0 Å². The highest BCUT2D eigenvalue weighted by Crippen LogP contribution is 2.34. The van der Waals surface area contributed by atoms with Gasteiger partial charge in [0.25, 0.3) is 10.0 Å². The molecular weight excluding hydrogens is 327 g/mol. The normalized spacial score (nSPS) is 18.3. The molecule has 4 nitrogen and oxygen atoms in total. The summed E-state index contributed by atoms with van der Waals surface area (Å²) in [4.78, 5) is 2.07. The van der Waals surface area contributed by atoms with E-state index < -0.39 is 10.0 Å². The van der Waals surface area contributed by atoms with Gasteiger partial charge in [-0.15, -0.1) is 4.40 Å². The molecule has 1 aromatic rings. The second-order valence-corrected chi connectivity index (χ2v) is 5.99. The highest BCUT2D eigenvalue weighted by atomic mass is 127. The molecule has 0 radical (unpaired) electrons. The zero-order valence-corrected chi connectivity index (χ0v) is 11.2. The molecular formula is C9H9IN2O2S. The molecule has 0 spiro atoms. The molecule has 0 N–H and O–H groups in total. The fourth-order valence-electron chi connectivity index (χ4n) is 1.48. The van der Waals surface area contributed by atoms with Gasteiger partial charge in [0, 0.05) is 10.6 Å². The van der Waals surface area contributed by atoms with E-state index in [9.17, 15) is 8.42 Å². The van der Waals surface area contributed by atoms with Gasteiger partial charge < -0.3 is 4.90 Å². The third-order valence-electron chi connectivity index (χ3n) is 2.30. The van der Waals surface area contributed by atoms with Gasteiger partial charge in [-0.25, -0.2) is 0 Å². The Hall–Kier alpha value is -0.630. The van der Waals surface area contributed by atoms with Crippen molar-refractivity contribution >= 4 is 44.1 Å². The van der Waals surface area contributed by atoms with E-state index in [0.29, 0.717) is 11.5 Å². The Morgan fingerprint density at radius 1 is 1.40 bits per heavy atom. The highest BCUT2D eigenvalue weighted by Gasteiger charge is 2.28. The minimum atomic E-state index is -3.51. The van der Waals surface area contributed by atoms with Crippen LogP contribution in [0, 0.1) is 3.57 Å². The van der Waals surface area contributed by atoms with Crippen LogP contribution < -0.4 is 4.90 Å². The Kier molecular flexibility index (Phi) is 2.50. The summed E-state index contributed by atoms with van der Waals surface area (Å²) in [7, 11) is -1.69. The zero-order valence-electron chi connectivity index (χ0n) is 8.23. The molecule has 0 amide bonds. The van der Waals surface area contributed by atoms with Gasteiger partial charge in [-0.05, 0) is 41.6 Å². The molecule has 0 atom stereocenters. The lowest BCUT2D eigenvalue weighted by Crippen LogP contribution is -2.30. The first-order chi connectivity index (χ1) is 6.93. The molecule has 1 aliphatic heterocycles. The van der Waals surface area contributed by atoms with E-state index in [-0.39, 0.29) is 4.90 Å². The summed E-state index contributed by atoms with van der Waals surface area (Å²) in [6.45, 7) is 1.68. The minimum absolute atomic E-state index is 0.280. The fraction of sp³-hybridized carbons (Fsp3) is 0.222. The molecule has 0 saturated heterocycles. The first kappa shape index (κ1) is 10.9. The number of rotatable bonds is 0. The SMILES string of the molecule is CC1=NS(=O)(=O)c2cccc(I)c2N1C. The highest BCUT2D eigenvalue weighted by molar-refractivity contribution is 14.1. The van der Waals surface area contributed by atoms with Gasteiger partial charge in [-0.2, -0.15) is 8.42 Å². The maximum Gasteiger partial charge on any atom is 0.286 e. The second kappa shape index (κ2) is 3.44. The molecule has 2 rings (SSSR count). The third kappa shape index (κ3) is 1.65. The number of halogens is 1. The van der Waals surface area contributed by atoms with E-state index in [1.165, 1.54) is 0 Å². The van der Waals surface area contributed by atoms with E-state index in [2.05, 4.69) is 27.0 Å². The predicted octanol–water partition coefficient (Wildman–Crippen LogP) is 1.85. The van der Waals surface area contributed by atoms with Crippen LogP contribution in [0.25, 0.3) is 0 Å². The van der Waals surface area contributed by atoms with Gasteiger partial charge in [0.15, 0.2) is 0 Å². The quantitative estimate of drug-likeness (QED) is 0.680. The maximum absolute atomic E-state index is 11.8. The van der Waals surface area contributed by atoms with Crippen molar-refractivity contribution in [3.05, 3.63) is 21.8 Å². The van der Waals surface area contributed by atoms with Crippen LogP contribution >= 0.6 is 22.6 Å². The van der Waals surface area contributed by atoms with E-state index in [4.69, 9.17) is 0 Å². The number of hydrogen-bond acceptors (Lipinski definition) is 3. The smallest absolute Gasteiger partial charge is 0.286 e. The summed E-state index contributed by atoms with van der Waals surface area (Å²) in [6.07, 6.45) is 0. The standard InChI is InChI=1S/C9H9IN2O2S/c1-6-11-15(13,14)8-5-3-4-7(10)9(8)12(6)2/h3-5H,1-2H3. The number of benzene rings is 1. The van der Waals surface area contributed by atoms with E-state index in [1.54, 1.807) is 24.0 Å². The van der Waals surface area contributed by atoms with Crippen molar-refractivity contribution in [1.29, 1.82) is 0 Å². The lowest BCUT2D eigenvalue weighted by atomic mass is 10.3. The Morgan fingerprint density at radius 3 is 2.73 bits per heavy atom. The van der Waals surface area contributed by atoms with Gasteiger partial charge in [0.1, 0.15) is 10.7 Å². The molecule has 1 heterocycles. The molecule has 80 valence electrons. The molecule has 0 saturated carbocycles. The Morgan fingerprint density at radius 2 is 2.07 bits per heavy atom. The molecule has 1 aliphatic rings. The van der Waals surface area contributed by atoms with E-state index in [1.807, 2.05) is 13.1 Å². The van der Waals surface area contributed by atoms with E-state index >= 15 is 0 Å². The number of nitrogens with zero attached hydrogens (tertiary/aromatic N) is 2. The van der Waals surface area contributed by atoms with Crippen molar-refractivity contribution in [2.45, 2.75) is 11.8 Å². The monoisotopic (exact) mass is 336 g/mol. The summed E-state index contributed by atoms with van der Waals surface area (Å²) in [5, 5.41) is 0.